The van der Waals surface area contributed by atoms with Crippen LogP contribution in [0.2, 0.25) is 0 Å². The number of thioether (sulfide) groups is 1. The summed E-state index contributed by atoms with van der Waals surface area (Å²) in [5, 5.41) is 2.20. The summed E-state index contributed by atoms with van der Waals surface area (Å²) in [6.07, 6.45) is 1.52. The standard InChI is InChI=1S/C24H19N3O7S/c28-20(7-9-26-21(29)15-3-1-2-4-16(15)22(26)30)25-8-10-27-23(31)19(35-24(27)32)12-14-5-6-17-18(11-14)34-13-33-17/h1-6,11-12H,7-10,13H2,(H,25,28)/b19-12-. The van der Waals surface area contributed by atoms with Crippen LogP contribution in [0.25, 0.3) is 6.08 Å². The van der Waals surface area contributed by atoms with Crippen molar-refractivity contribution >= 4 is 46.7 Å². The number of nitrogens with one attached hydrogen (secondary N) is 1. The number of hydrogen-bond donors (Lipinski definition) is 1. The summed E-state index contributed by atoms with van der Waals surface area (Å²) in [6.45, 7) is 0.134. The van der Waals surface area contributed by atoms with Crippen LogP contribution in [0.5, 0.6) is 11.5 Å². The zero-order chi connectivity index (χ0) is 24.5. The zero-order valence-electron chi connectivity index (χ0n) is 18.3. The lowest BCUT2D eigenvalue weighted by Crippen LogP contribution is -2.39. The van der Waals surface area contributed by atoms with E-state index in [0.717, 1.165) is 21.6 Å². The van der Waals surface area contributed by atoms with Crippen LogP contribution in [0.4, 0.5) is 4.79 Å². The molecule has 5 rings (SSSR count). The van der Waals surface area contributed by atoms with E-state index in [4.69, 9.17) is 9.47 Å². The fraction of sp³-hybridized carbons (Fsp3) is 0.208. The summed E-state index contributed by atoms with van der Waals surface area (Å²) < 4.78 is 10.6. The number of carbonyl (C=O) groups is 5. The smallest absolute Gasteiger partial charge is 0.293 e. The molecule has 35 heavy (non-hydrogen) atoms. The van der Waals surface area contributed by atoms with Gasteiger partial charge >= 0.3 is 0 Å². The Balaban J connectivity index is 1.11. The van der Waals surface area contributed by atoms with Crippen molar-refractivity contribution in [1.29, 1.82) is 0 Å². The molecule has 0 aliphatic carbocycles. The third kappa shape index (κ3) is 4.37. The van der Waals surface area contributed by atoms with Crippen molar-refractivity contribution in [3.8, 4) is 11.5 Å². The Morgan fingerprint density at radius 2 is 1.63 bits per heavy atom. The van der Waals surface area contributed by atoms with Crippen LogP contribution < -0.4 is 14.8 Å². The highest BCUT2D eigenvalue weighted by molar-refractivity contribution is 8.18. The highest BCUT2D eigenvalue weighted by Gasteiger charge is 2.36. The normalized spacial score (nSPS) is 17.5. The molecule has 0 atom stereocenters. The minimum atomic E-state index is -0.446. The second-order valence-corrected chi connectivity index (χ2v) is 8.85. The van der Waals surface area contributed by atoms with Crippen molar-refractivity contribution in [2.24, 2.45) is 0 Å². The third-order valence-corrected chi connectivity index (χ3v) is 6.57. The molecule has 178 valence electrons. The largest absolute Gasteiger partial charge is 0.454 e. The fourth-order valence-electron chi connectivity index (χ4n) is 3.90. The van der Waals surface area contributed by atoms with Gasteiger partial charge in [0.15, 0.2) is 11.5 Å². The second kappa shape index (κ2) is 9.26. The molecule has 3 aliphatic rings. The average Bonchev–Trinajstić information content (AvgIpc) is 3.49. The quantitative estimate of drug-likeness (QED) is 0.460. The molecule has 0 aromatic heterocycles. The van der Waals surface area contributed by atoms with Crippen molar-refractivity contribution < 1.29 is 33.4 Å². The third-order valence-electron chi connectivity index (χ3n) is 5.67. The van der Waals surface area contributed by atoms with Crippen LogP contribution in [0.15, 0.2) is 47.4 Å². The van der Waals surface area contributed by atoms with Crippen LogP contribution in [-0.2, 0) is 9.59 Å². The first-order valence-electron chi connectivity index (χ1n) is 10.8. The van der Waals surface area contributed by atoms with E-state index in [0.29, 0.717) is 28.2 Å². The maximum absolute atomic E-state index is 12.7. The van der Waals surface area contributed by atoms with Crippen LogP contribution in [0.1, 0.15) is 32.7 Å². The number of hydrogen-bond acceptors (Lipinski definition) is 8. The molecule has 11 heteroatoms. The van der Waals surface area contributed by atoms with E-state index < -0.39 is 28.9 Å². The van der Waals surface area contributed by atoms with Crippen molar-refractivity contribution in [2.45, 2.75) is 6.42 Å². The van der Waals surface area contributed by atoms with E-state index in [1.54, 1.807) is 48.5 Å². The van der Waals surface area contributed by atoms with Crippen molar-refractivity contribution in [3.05, 3.63) is 64.1 Å². The van der Waals surface area contributed by atoms with Crippen LogP contribution in [0.3, 0.4) is 0 Å². The van der Waals surface area contributed by atoms with Gasteiger partial charge in [0.1, 0.15) is 0 Å². The topological polar surface area (TPSA) is 122 Å². The van der Waals surface area contributed by atoms with Crippen LogP contribution in [0, 0.1) is 0 Å². The van der Waals surface area contributed by atoms with Gasteiger partial charge in [0.25, 0.3) is 23.0 Å². The molecule has 3 aliphatic heterocycles. The van der Waals surface area contributed by atoms with Gasteiger partial charge in [-0.3, -0.25) is 33.8 Å². The molecule has 2 aromatic carbocycles. The molecular weight excluding hydrogens is 474 g/mol. The van der Waals surface area contributed by atoms with Gasteiger partial charge in [0, 0.05) is 26.1 Å². The molecule has 2 aromatic rings. The summed E-state index contributed by atoms with van der Waals surface area (Å²) in [5.41, 5.74) is 1.35. The van der Waals surface area contributed by atoms with Gasteiger partial charge in [-0.1, -0.05) is 18.2 Å². The lowest BCUT2D eigenvalue weighted by atomic mass is 10.1. The van der Waals surface area contributed by atoms with Gasteiger partial charge in [0.2, 0.25) is 12.7 Å². The molecule has 0 radical (unpaired) electrons. The Labute approximate surface area is 203 Å². The molecule has 0 saturated carbocycles. The van der Waals surface area contributed by atoms with E-state index >= 15 is 0 Å². The van der Waals surface area contributed by atoms with Gasteiger partial charge < -0.3 is 14.8 Å². The number of benzene rings is 2. The summed E-state index contributed by atoms with van der Waals surface area (Å²) in [4.78, 5) is 64.3. The summed E-state index contributed by atoms with van der Waals surface area (Å²) >= 11 is 0.822. The monoisotopic (exact) mass is 493 g/mol. The number of fused-ring (bicyclic) bond motifs is 2. The molecule has 10 nitrogen and oxygen atoms in total. The van der Waals surface area contributed by atoms with Gasteiger partial charge in [-0.05, 0) is 47.7 Å². The molecule has 3 heterocycles. The SMILES string of the molecule is O=C(CCN1C(=O)c2ccccc2C1=O)NCCN1C(=O)S/C(=C\c2ccc3c(c2)OCO3)C1=O. The van der Waals surface area contributed by atoms with Gasteiger partial charge in [-0.2, -0.15) is 0 Å². The first kappa shape index (κ1) is 22.7. The van der Waals surface area contributed by atoms with Crippen molar-refractivity contribution in [3.63, 3.8) is 0 Å². The highest BCUT2D eigenvalue weighted by Crippen LogP contribution is 2.36. The van der Waals surface area contributed by atoms with E-state index in [1.165, 1.54) is 0 Å². The predicted molar refractivity (Wildman–Crippen MR) is 125 cm³/mol. The van der Waals surface area contributed by atoms with Gasteiger partial charge in [-0.25, -0.2) is 0 Å². The number of ether oxygens (including phenoxy) is 2. The Bertz CT molecular complexity index is 1270. The Hall–Kier alpha value is -4.12. The molecular formula is C24H19N3O7S. The summed E-state index contributed by atoms with van der Waals surface area (Å²) in [6, 6.07) is 11.7. The minimum Gasteiger partial charge on any atom is -0.454 e. The van der Waals surface area contributed by atoms with E-state index in [9.17, 15) is 24.0 Å². The minimum absolute atomic E-state index is 0.00189. The maximum Gasteiger partial charge on any atom is 0.293 e. The average molecular weight is 493 g/mol. The molecule has 1 saturated heterocycles. The second-order valence-electron chi connectivity index (χ2n) is 7.85. The summed E-state index contributed by atoms with van der Waals surface area (Å²) in [5.74, 6) is -0.505. The highest BCUT2D eigenvalue weighted by atomic mass is 32.2. The Morgan fingerprint density at radius 3 is 2.37 bits per heavy atom. The van der Waals surface area contributed by atoms with Crippen molar-refractivity contribution in [1.82, 2.24) is 15.1 Å². The number of imide groups is 2. The number of carbonyl (C=O) groups excluding carboxylic acids is 5. The molecule has 0 unspecified atom stereocenters. The molecule has 0 spiro atoms. The first-order chi connectivity index (χ1) is 16.9. The number of nitrogens with zero attached hydrogens (tertiary/aromatic N) is 2. The zero-order valence-corrected chi connectivity index (χ0v) is 19.1. The summed E-state index contributed by atoms with van der Waals surface area (Å²) in [7, 11) is 0. The van der Waals surface area contributed by atoms with Crippen molar-refractivity contribution in [2.75, 3.05) is 26.4 Å². The molecule has 1 N–H and O–H groups in total. The van der Waals surface area contributed by atoms with Crippen LogP contribution >= 0.6 is 11.8 Å². The van der Waals surface area contributed by atoms with E-state index in [2.05, 4.69) is 5.32 Å². The molecule has 5 amide bonds. The predicted octanol–water partition coefficient (Wildman–Crippen LogP) is 2.25. The Kier molecular flexibility index (Phi) is 6.00. The van der Waals surface area contributed by atoms with E-state index in [-0.39, 0.29) is 37.8 Å². The Morgan fingerprint density at radius 1 is 0.914 bits per heavy atom. The number of rotatable bonds is 7. The lowest BCUT2D eigenvalue weighted by Gasteiger charge is -2.15. The number of amides is 5. The van der Waals surface area contributed by atoms with Gasteiger partial charge in [-0.15, -0.1) is 0 Å². The van der Waals surface area contributed by atoms with Gasteiger partial charge in [0.05, 0.1) is 16.0 Å². The fourth-order valence-corrected chi connectivity index (χ4v) is 4.76. The molecule has 1 fully saturated rings. The maximum atomic E-state index is 12.7. The molecule has 0 bridgehead atoms. The first-order valence-corrected chi connectivity index (χ1v) is 11.6. The van der Waals surface area contributed by atoms with Crippen LogP contribution in [-0.4, -0.2) is 65.1 Å². The lowest BCUT2D eigenvalue weighted by molar-refractivity contribution is -0.124. The van der Waals surface area contributed by atoms with E-state index in [1.807, 2.05) is 0 Å².